The first-order valence-corrected chi connectivity index (χ1v) is 12.9. The number of nitriles is 1. The molecule has 1 aliphatic rings. The smallest absolute Gasteiger partial charge is 0.264 e. The first kappa shape index (κ1) is 23.8. The lowest BCUT2D eigenvalue weighted by atomic mass is 10.1. The minimum absolute atomic E-state index is 0.163. The molecular formula is C25H17I2N3O2S. The van der Waals surface area contributed by atoms with Crippen LogP contribution < -0.4 is 10.1 Å². The van der Waals surface area contributed by atoms with Gasteiger partial charge in [0, 0.05) is 5.56 Å². The molecule has 3 aromatic carbocycles. The van der Waals surface area contributed by atoms with Crippen LogP contribution in [0.4, 0.5) is 5.69 Å². The molecule has 0 aliphatic carbocycles. The number of amidine groups is 1. The van der Waals surface area contributed by atoms with Gasteiger partial charge in [0.1, 0.15) is 12.4 Å². The number of hydrogen-bond donors (Lipinski definition) is 1. The fraction of sp³-hybridized carbons (Fsp3) is 0.0800. The number of thioether (sulfide) groups is 1. The van der Waals surface area contributed by atoms with E-state index in [1.54, 1.807) is 6.07 Å². The molecule has 3 aromatic rings. The molecule has 1 fully saturated rings. The number of carbonyl (C=O) groups is 1. The number of ether oxygens (including phenoxy) is 1. The van der Waals surface area contributed by atoms with Gasteiger partial charge in [-0.2, -0.15) is 5.26 Å². The molecule has 1 amide bonds. The van der Waals surface area contributed by atoms with Gasteiger partial charge < -0.3 is 10.1 Å². The first-order valence-electron chi connectivity index (χ1n) is 9.89. The summed E-state index contributed by atoms with van der Waals surface area (Å²) >= 11 is 5.79. The predicted octanol–water partition coefficient (Wildman–Crippen LogP) is 6.55. The van der Waals surface area contributed by atoms with Crippen molar-refractivity contribution < 1.29 is 9.53 Å². The maximum Gasteiger partial charge on any atom is 0.264 e. The predicted molar refractivity (Wildman–Crippen MR) is 149 cm³/mol. The highest BCUT2D eigenvalue weighted by Gasteiger charge is 2.24. The molecule has 33 heavy (non-hydrogen) atoms. The molecule has 0 spiro atoms. The molecule has 4 rings (SSSR count). The summed E-state index contributed by atoms with van der Waals surface area (Å²) in [7, 11) is 0. The molecule has 1 saturated heterocycles. The number of rotatable bonds is 5. The third-order valence-corrected chi connectivity index (χ3v) is 7.26. The molecule has 164 valence electrons. The highest BCUT2D eigenvalue weighted by molar-refractivity contribution is 14.1. The number of nitrogens with one attached hydrogen (secondary N) is 1. The van der Waals surface area contributed by atoms with Crippen molar-refractivity contribution in [2.75, 3.05) is 0 Å². The van der Waals surface area contributed by atoms with E-state index in [0.717, 1.165) is 35.3 Å². The molecule has 8 heteroatoms. The molecular weight excluding hydrogens is 660 g/mol. The minimum Gasteiger partial charge on any atom is -0.487 e. The summed E-state index contributed by atoms with van der Waals surface area (Å²) in [5.74, 6) is 0.598. The summed E-state index contributed by atoms with van der Waals surface area (Å²) in [6.07, 6.45) is 1.86. The van der Waals surface area contributed by atoms with Gasteiger partial charge in [-0.3, -0.25) is 4.79 Å². The largest absolute Gasteiger partial charge is 0.487 e. The number of carbonyl (C=O) groups excluding carboxylic acids is 1. The van der Waals surface area contributed by atoms with Crippen LogP contribution in [-0.2, 0) is 11.4 Å². The SMILES string of the molecule is Cc1ccc(N=C2NC(=O)/C(=C\c3cc(I)c(OCc4ccccc4C#N)c(I)c3)S2)cc1. The van der Waals surface area contributed by atoms with Crippen molar-refractivity contribution in [2.24, 2.45) is 4.99 Å². The molecule has 5 nitrogen and oxygen atoms in total. The fourth-order valence-corrected chi connectivity index (χ4v) is 6.04. The van der Waals surface area contributed by atoms with Crippen LogP contribution >= 0.6 is 56.9 Å². The Hall–Kier alpha value is -2.36. The molecule has 1 N–H and O–H groups in total. The average molecular weight is 677 g/mol. The quantitative estimate of drug-likeness (QED) is 0.246. The van der Waals surface area contributed by atoms with Crippen LogP contribution in [0.2, 0.25) is 0 Å². The van der Waals surface area contributed by atoms with E-state index in [-0.39, 0.29) is 5.91 Å². The number of nitrogens with zero attached hydrogens (tertiary/aromatic N) is 2. The molecule has 1 heterocycles. The van der Waals surface area contributed by atoms with Gasteiger partial charge in [0.05, 0.1) is 29.4 Å². The summed E-state index contributed by atoms with van der Waals surface area (Å²) in [5, 5.41) is 12.7. The summed E-state index contributed by atoms with van der Waals surface area (Å²) in [6, 6.07) is 21.4. The van der Waals surface area contributed by atoms with Crippen molar-refractivity contribution in [1.82, 2.24) is 5.32 Å². The van der Waals surface area contributed by atoms with Crippen molar-refractivity contribution >= 4 is 79.8 Å². The topological polar surface area (TPSA) is 74.5 Å². The Morgan fingerprint density at radius 1 is 1.12 bits per heavy atom. The minimum atomic E-state index is -0.163. The van der Waals surface area contributed by atoms with Crippen LogP contribution in [0.15, 0.2) is 70.6 Å². The lowest BCUT2D eigenvalue weighted by Crippen LogP contribution is -2.19. The van der Waals surface area contributed by atoms with Gasteiger partial charge in [-0.1, -0.05) is 35.9 Å². The highest BCUT2D eigenvalue weighted by atomic mass is 127. The van der Waals surface area contributed by atoms with E-state index in [2.05, 4.69) is 61.6 Å². The van der Waals surface area contributed by atoms with E-state index in [1.165, 1.54) is 11.8 Å². The van der Waals surface area contributed by atoms with Gasteiger partial charge >= 0.3 is 0 Å². The fourth-order valence-electron chi connectivity index (χ4n) is 3.07. The van der Waals surface area contributed by atoms with Crippen LogP contribution in [0.3, 0.4) is 0 Å². The van der Waals surface area contributed by atoms with Crippen LogP contribution in [0.5, 0.6) is 5.75 Å². The van der Waals surface area contributed by atoms with Crippen LogP contribution in [0, 0.1) is 25.4 Å². The van der Waals surface area contributed by atoms with Gasteiger partial charge in [-0.05, 0) is 106 Å². The Morgan fingerprint density at radius 2 is 1.82 bits per heavy atom. The zero-order valence-electron chi connectivity index (χ0n) is 17.4. The van der Waals surface area contributed by atoms with Gasteiger partial charge in [-0.25, -0.2) is 4.99 Å². The Morgan fingerprint density at radius 3 is 2.52 bits per heavy atom. The Labute approximate surface area is 223 Å². The maximum atomic E-state index is 12.5. The second-order valence-corrected chi connectivity index (χ2v) is 10.5. The number of benzene rings is 3. The molecule has 0 saturated carbocycles. The van der Waals surface area contributed by atoms with E-state index in [4.69, 9.17) is 4.74 Å². The summed E-state index contributed by atoms with van der Waals surface area (Å²) < 4.78 is 7.90. The van der Waals surface area contributed by atoms with E-state index < -0.39 is 0 Å². The van der Waals surface area contributed by atoms with Crippen molar-refractivity contribution in [3.8, 4) is 11.8 Å². The second-order valence-electron chi connectivity index (χ2n) is 7.19. The standard InChI is InChI=1S/C25H17I2N3O2S/c1-15-6-8-19(9-7-15)29-25-30-24(31)22(33-25)12-16-10-20(26)23(21(27)11-16)32-14-18-5-3-2-4-17(18)13-28/h2-12H,14H2,1H3,(H,29,30,31)/b22-12+. The molecule has 0 atom stereocenters. The lowest BCUT2D eigenvalue weighted by molar-refractivity contribution is -0.115. The van der Waals surface area contributed by atoms with Gasteiger partial charge in [0.25, 0.3) is 5.91 Å². The number of amides is 1. The highest BCUT2D eigenvalue weighted by Crippen LogP contribution is 2.33. The van der Waals surface area contributed by atoms with E-state index >= 15 is 0 Å². The van der Waals surface area contributed by atoms with E-state index in [9.17, 15) is 10.1 Å². The third-order valence-electron chi connectivity index (χ3n) is 4.74. The zero-order chi connectivity index (χ0) is 23.4. The lowest BCUT2D eigenvalue weighted by Gasteiger charge is -2.12. The average Bonchev–Trinajstić information content (AvgIpc) is 3.13. The molecule has 0 bridgehead atoms. The van der Waals surface area contributed by atoms with Gasteiger partial charge in [0.15, 0.2) is 5.17 Å². The van der Waals surface area contributed by atoms with E-state index in [1.807, 2.05) is 67.6 Å². The van der Waals surface area contributed by atoms with Gasteiger partial charge in [-0.15, -0.1) is 0 Å². The van der Waals surface area contributed by atoms with E-state index in [0.29, 0.717) is 22.2 Å². The van der Waals surface area contributed by atoms with Crippen molar-refractivity contribution in [3.63, 3.8) is 0 Å². The number of aliphatic imine (C=N–C) groups is 1. The zero-order valence-corrected chi connectivity index (χ0v) is 22.6. The summed E-state index contributed by atoms with van der Waals surface area (Å²) in [5.41, 5.74) is 4.32. The molecule has 0 aromatic heterocycles. The third kappa shape index (κ3) is 5.96. The molecule has 0 unspecified atom stereocenters. The van der Waals surface area contributed by atoms with Crippen LogP contribution in [-0.4, -0.2) is 11.1 Å². The molecule has 0 radical (unpaired) electrons. The summed E-state index contributed by atoms with van der Waals surface area (Å²) in [6.45, 7) is 2.33. The van der Waals surface area contributed by atoms with Crippen LogP contribution in [0.25, 0.3) is 6.08 Å². The van der Waals surface area contributed by atoms with Gasteiger partial charge in [0.2, 0.25) is 0 Å². The number of aryl methyl sites for hydroxylation is 1. The first-order chi connectivity index (χ1) is 15.9. The number of halogens is 2. The van der Waals surface area contributed by atoms with Crippen molar-refractivity contribution in [3.05, 3.63) is 95.0 Å². The Kier molecular flexibility index (Phi) is 7.72. The second kappa shape index (κ2) is 10.7. The molecule has 1 aliphatic heterocycles. The summed E-state index contributed by atoms with van der Waals surface area (Å²) in [4.78, 5) is 17.6. The Balaban J connectivity index is 1.51. The maximum absolute atomic E-state index is 12.5. The monoisotopic (exact) mass is 677 g/mol. The number of hydrogen-bond acceptors (Lipinski definition) is 5. The Bertz CT molecular complexity index is 1310. The van der Waals surface area contributed by atoms with Crippen LogP contribution in [0.1, 0.15) is 22.3 Å². The normalized spacial score (nSPS) is 15.5. The van der Waals surface area contributed by atoms with Crippen molar-refractivity contribution in [2.45, 2.75) is 13.5 Å². The van der Waals surface area contributed by atoms with Crippen molar-refractivity contribution in [1.29, 1.82) is 5.26 Å².